The van der Waals surface area contributed by atoms with Crippen LogP contribution in [0, 0.1) is 0 Å². The van der Waals surface area contributed by atoms with Crippen LogP contribution < -0.4 is 5.32 Å². The molecule has 0 aliphatic heterocycles. The molecule has 1 amide bonds. The lowest BCUT2D eigenvalue weighted by Gasteiger charge is -2.13. The lowest BCUT2D eigenvalue weighted by atomic mass is 10.1. The number of carbonyl (C=O) groups is 1. The number of likely N-dealkylation sites (N-methyl/N-ethyl adjacent to an activating group) is 1. The van der Waals surface area contributed by atoms with Crippen molar-refractivity contribution in [2.24, 2.45) is 0 Å². The predicted molar refractivity (Wildman–Crippen MR) is 101 cm³/mol. The van der Waals surface area contributed by atoms with E-state index in [1.54, 1.807) is 18.3 Å². The minimum atomic E-state index is -0.145. The Morgan fingerprint density at radius 2 is 2.00 bits per heavy atom. The zero-order valence-electron chi connectivity index (χ0n) is 14.2. The highest BCUT2D eigenvalue weighted by molar-refractivity contribution is 6.35. The maximum absolute atomic E-state index is 12.7. The standard InChI is InChI=1S/C19H19ClN4O/c1-24(2)11-10-22-19(25)14-12-17(16-8-3-4-9-21-16)23-18-13(14)6-5-7-15(18)20/h3-9,12H,10-11H2,1-2H3,(H,22,25). The summed E-state index contributed by atoms with van der Waals surface area (Å²) in [4.78, 5) is 23.7. The van der Waals surface area contributed by atoms with Gasteiger partial charge >= 0.3 is 0 Å². The molecule has 0 bridgehead atoms. The lowest BCUT2D eigenvalue weighted by molar-refractivity contribution is 0.0952. The molecule has 25 heavy (non-hydrogen) atoms. The van der Waals surface area contributed by atoms with Crippen LogP contribution in [0.3, 0.4) is 0 Å². The number of rotatable bonds is 5. The zero-order valence-corrected chi connectivity index (χ0v) is 14.9. The quantitative estimate of drug-likeness (QED) is 0.764. The maximum atomic E-state index is 12.7. The van der Waals surface area contributed by atoms with Gasteiger partial charge in [0, 0.05) is 24.7 Å². The van der Waals surface area contributed by atoms with Gasteiger partial charge in [-0.25, -0.2) is 4.98 Å². The average molecular weight is 355 g/mol. The Morgan fingerprint density at radius 1 is 1.16 bits per heavy atom. The number of aromatic nitrogens is 2. The number of para-hydroxylation sites is 1. The van der Waals surface area contributed by atoms with E-state index in [-0.39, 0.29) is 5.91 Å². The second-order valence-corrected chi connectivity index (χ2v) is 6.37. The lowest BCUT2D eigenvalue weighted by Crippen LogP contribution is -2.31. The van der Waals surface area contributed by atoms with E-state index < -0.39 is 0 Å². The van der Waals surface area contributed by atoms with E-state index >= 15 is 0 Å². The third-order valence-corrected chi connectivity index (χ3v) is 4.11. The highest BCUT2D eigenvalue weighted by atomic mass is 35.5. The van der Waals surface area contributed by atoms with Crippen LogP contribution in [0.15, 0.2) is 48.7 Å². The molecule has 2 heterocycles. The van der Waals surface area contributed by atoms with Crippen molar-refractivity contribution in [3.8, 4) is 11.4 Å². The van der Waals surface area contributed by atoms with Crippen molar-refractivity contribution in [1.82, 2.24) is 20.2 Å². The van der Waals surface area contributed by atoms with Gasteiger partial charge in [-0.3, -0.25) is 9.78 Å². The number of hydrogen-bond acceptors (Lipinski definition) is 4. The number of benzene rings is 1. The van der Waals surface area contributed by atoms with Crippen LogP contribution in [-0.4, -0.2) is 48.0 Å². The van der Waals surface area contributed by atoms with E-state index in [2.05, 4.69) is 15.3 Å². The topological polar surface area (TPSA) is 58.1 Å². The largest absolute Gasteiger partial charge is 0.351 e. The van der Waals surface area contributed by atoms with E-state index in [4.69, 9.17) is 11.6 Å². The number of halogens is 1. The number of nitrogens with zero attached hydrogens (tertiary/aromatic N) is 3. The van der Waals surface area contributed by atoms with Gasteiger partial charge in [0.15, 0.2) is 0 Å². The van der Waals surface area contributed by atoms with Crippen molar-refractivity contribution in [1.29, 1.82) is 0 Å². The fourth-order valence-electron chi connectivity index (χ4n) is 2.54. The van der Waals surface area contributed by atoms with Crippen LogP contribution in [0.1, 0.15) is 10.4 Å². The fourth-order valence-corrected chi connectivity index (χ4v) is 2.75. The van der Waals surface area contributed by atoms with Crippen LogP contribution in [0.4, 0.5) is 0 Å². The van der Waals surface area contributed by atoms with Crippen molar-refractivity contribution in [3.05, 3.63) is 59.2 Å². The van der Waals surface area contributed by atoms with E-state index in [0.29, 0.717) is 34.0 Å². The average Bonchev–Trinajstić information content (AvgIpc) is 2.61. The molecule has 5 nitrogen and oxygen atoms in total. The van der Waals surface area contributed by atoms with Gasteiger partial charge in [-0.2, -0.15) is 0 Å². The second-order valence-electron chi connectivity index (χ2n) is 5.97. The van der Waals surface area contributed by atoms with Crippen molar-refractivity contribution in [2.45, 2.75) is 0 Å². The summed E-state index contributed by atoms with van der Waals surface area (Å²) in [6.45, 7) is 1.33. The van der Waals surface area contributed by atoms with Crippen molar-refractivity contribution >= 4 is 28.4 Å². The normalized spacial score (nSPS) is 11.0. The van der Waals surface area contributed by atoms with Crippen molar-refractivity contribution < 1.29 is 4.79 Å². The van der Waals surface area contributed by atoms with Crippen molar-refractivity contribution in [2.75, 3.05) is 27.2 Å². The molecule has 0 saturated heterocycles. The second kappa shape index (κ2) is 7.59. The SMILES string of the molecule is CN(C)CCNC(=O)c1cc(-c2ccccn2)nc2c(Cl)cccc12. The molecule has 128 valence electrons. The molecule has 0 saturated carbocycles. The molecule has 0 unspecified atom stereocenters. The summed E-state index contributed by atoms with van der Waals surface area (Å²) in [5.41, 5.74) is 2.47. The minimum absolute atomic E-state index is 0.145. The van der Waals surface area contributed by atoms with E-state index in [1.165, 1.54) is 0 Å². The van der Waals surface area contributed by atoms with Gasteiger partial charge in [0.05, 0.1) is 27.5 Å². The van der Waals surface area contributed by atoms with Gasteiger partial charge in [0.1, 0.15) is 0 Å². The molecule has 0 radical (unpaired) electrons. The van der Waals surface area contributed by atoms with Gasteiger partial charge in [-0.1, -0.05) is 29.8 Å². The molecule has 1 aromatic carbocycles. The summed E-state index contributed by atoms with van der Waals surface area (Å²) < 4.78 is 0. The van der Waals surface area contributed by atoms with Crippen molar-refractivity contribution in [3.63, 3.8) is 0 Å². The zero-order chi connectivity index (χ0) is 17.8. The molecule has 0 aliphatic rings. The summed E-state index contributed by atoms with van der Waals surface area (Å²) in [6.07, 6.45) is 1.70. The molecule has 2 aromatic heterocycles. The number of fused-ring (bicyclic) bond motifs is 1. The molecule has 0 aliphatic carbocycles. The summed E-state index contributed by atoms with van der Waals surface area (Å²) in [5.74, 6) is -0.145. The molecule has 3 aromatic rings. The van der Waals surface area contributed by atoms with Gasteiger partial charge < -0.3 is 10.2 Å². The Hall–Kier alpha value is -2.50. The summed E-state index contributed by atoms with van der Waals surface area (Å²) in [6, 6.07) is 12.8. The highest BCUT2D eigenvalue weighted by Crippen LogP contribution is 2.28. The molecule has 0 fully saturated rings. The molecule has 6 heteroatoms. The van der Waals surface area contributed by atoms with Crippen LogP contribution in [0.25, 0.3) is 22.3 Å². The first-order valence-electron chi connectivity index (χ1n) is 8.00. The highest BCUT2D eigenvalue weighted by Gasteiger charge is 2.15. The molecule has 0 atom stereocenters. The maximum Gasteiger partial charge on any atom is 0.252 e. The van der Waals surface area contributed by atoms with Crippen LogP contribution in [0.5, 0.6) is 0 Å². The van der Waals surface area contributed by atoms with Gasteiger partial charge in [-0.15, -0.1) is 0 Å². The summed E-state index contributed by atoms with van der Waals surface area (Å²) in [7, 11) is 3.93. The van der Waals surface area contributed by atoms with Gasteiger partial charge in [0.2, 0.25) is 0 Å². The summed E-state index contributed by atoms with van der Waals surface area (Å²) >= 11 is 6.32. The first-order valence-corrected chi connectivity index (χ1v) is 8.37. The third kappa shape index (κ3) is 3.95. The predicted octanol–water partition coefficient (Wildman–Crippen LogP) is 3.24. The Bertz CT molecular complexity index is 897. The Labute approximate surface area is 151 Å². The third-order valence-electron chi connectivity index (χ3n) is 3.81. The first kappa shape index (κ1) is 17.3. The van der Waals surface area contributed by atoms with E-state index in [9.17, 15) is 4.79 Å². The fraction of sp³-hybridized carbons (Fsp3) is 0.211. The number of nitrogens with one attached hydrogen (secondary N) is 1. The van der Waals surface area contributed by atoms with E-state index in [1.807, 2.05) is 49.3 Å². The number of amides is 1. The molecule has 0 spiro atoms. The van der Waals surface area contributed by atoms with Crippen LogP contribution in [-0.2, 0) is 0 Å². The minimum Gasteiger partial charge on any atom is -0.351 e. The first-order chi connectivity index (χ1) is 12.1. The number of pyridine rings is 2. The molecule has 3 rings (SSSR count). The Morgan fingerprint density at radius 3 is 2.72 bits per heavy atom. The molecular weight excluding hydrogens is 336 g/mol. The Kier molecular flexibility index (Phi) is 5.26. The number of carbonyl (C=O) groups excluding carboxylic acids is 1. The molecule has 1 N–H and O–H groups in total. The van der Waals surface area contributed by atoms with E-state index in [0.717, 1.165) is 11.9 Å². The summed E-state index contributed by atoms with van der Waals surface area (Å²) in [5, 5.41) is 4.19. The monoisotopic (exact) mass is 354 g/mol. The Balaban J connectivity index is 2.06. The number of hydrogen-bond donors (Lipinski definition) is 1. The van der Waals surface area contributed by atoms with Crippen LogP contribution in [0.2, 0.25) is 5.02 Å². The van der Waals surface area contributed by atoms with Gasteiger partial charge in [-0.05, 0) is 38.4 Å². The van der Waals surface area contributed by atoms with Crippen LogP contribution >= 0.6 is 11.6 Å². The smallest absolute Gasteiger partial charge is 0.252 e. The molecular formula is C19H19ClN4O. The van der Waals surface area contributed by atoms with Gasteiger partial charge in [0.25, 0.3) is 5.91 Å².